The van der Waals surface area contributed by atoms with Crippen LogP contribution in [0.15, 0.2) is 15.1 Å². The Bertz CT molecular complexity index is 287. The molecular weight excluding hydrogens is 220 g/mol. The van der Waals surface area contributed by atoms with E-state index in [0.29, 0.717) is 10.5 Å². The molecule has 0 amide bonds. The van der Waals surface area contributed by atoms with E-state index in [1.807, 2.05) is 20.1 Å². The number of rotatable bonds is 2. The van der Waals surface area contributed by atoms with Gasteiger partial charge in [0.1, 0.15) is 6.17 Å². The molecule has 0 aromatic heterocycles. The summed E-state index contributed by atoms with van der Waals surface area (Å²) in [6.07, 6.45) is 4.50. The molecule has 0 aliphatic carbocycles. The molecule has 1 unspecified atom stereocenters. The van der Waals surface area contributed by atoms with Crippen LogP contribution in [0, 0.1) is 0 Å². The van der Waals surface area contributed by atoms with Crippen LogP contribution in [-0.4, -0.2) is 34.1 Å². The van der Waals surface area contributed by atoms with Gasteiger partial charge in [-0.1, -0.05) is 18.7 Å². The van der Waals surface area contributed by atoms with Gasteiger partial charge in [-0.25, -0.2) is 10.0 Å². The van der Waals surface area contributed by atoms with Gasteiger partial charge in [-0.2, -0.15) is 10.1 Å². The zero-order chi connectivity index (χ0) is 10.6. The highest BCUT2D eigenvalue weighted by Gasteiger charge is 2.20. The first-order valence-electron chi connectivity index (χ1n) is 4.36. The van der Waals surface area contributed by atoms with Crippen molar-refractivity contribution in [3.05, 3.63) is 0 Å². The Morgan fingerprint density at radius 2 is 2.43 bits per heavy atom. The Kier molecular flexibility index (Phi) is 4.41. The molecule has 78 valence electrons. The second-order valence-electron chi connectivity index (χ2n) is 2.68. The quantitative estimate of drug-likeness (QED) is 0.542. The predicted octanol–water partition coefficient (Wildman–Crippen LogP) is 2.36. The molecule has 1 heterocycles. The van der Waals surface area contributed by atoms with Crippen LogP contribution in [0.5, 0.6) is 0 Å². The van der Waals surface area contributed by atoms with Crippen molar-refractivity contribution in [3.63, 3.8) is 0 Å². The van der Waals surface area contributed by atoms with Crippen LogP contribution in [0.4, 0.5) is 0 Å². The van der Waals surface area contributed by atoms with E-state index in [-0.39, 0.29) is 6.17 Å². The monoisotopic (exact) mass is 232 g/mol. The van der Waals surface area contributed by atoms with Gasteiger partial charge in [-0.05, 0) is 31.2 Å². The third-order valence-electron chi connectivity index (χ3n) is 1.60. The van der Waals surface area contributed by atoms with Crippen LogP contribution >= 0.6 is 23.4 Å². The fourth-order valence-electron chi connectivity index (χ4n) is 0.940. The summed E-state index contributed by atoms with van der Waals surface area (Å²) in [5.41, 5.74) is 0. The lowest BCUT2D eigenvalue weighted by atomic mass is 10.5. The van der Waals surface area contributed by atoms with Crippen molar-refractivity contribution in [2.75, 3.05) is 6.26 Å². The second-order valence-corrected chi connectivity index (χ2v) is 3.79. The standard InChI is InChI=1S/C8H13ClN4S/c1-4-5-10-13-6(2)11-8(14-3)12-7(13)9/h5-6H,4H2,1-3H3. The van der Waals surface area contributed by atoms with E-state index in [1.165, 1.54) is 11.8 Å². The summed E-state index contributed by atoms with van der Waals surface area (Å²) in [4.78, 5) is 8.40. The molecule has 0 N–H and O–H groups in total. The fraction of sp³-hybridized carbons (Fsp3) is 0.625. The smallest absolute Gasteiger partial charge is 0.223 e. The Balaban J connectivity index is 2.79. The summed E-state index contributed by atoms with van der Waals surface area (Å²) in [6, 6.07) is 0. The molecule has 1 atom stereocenters. The van der Waals surface area contributed by atoms with Crippen molar-refractivity contribution in [1.82, 2.24) is 5.01 Å². The van der Waals surface area contributed by atoms with Gasteiger partial charge in [0.05, 0.1) is 0 Å². The summed E-state index contributed by atoms with van der Waals surface area (Å²) < 4.78 is 0. The minimum absolute atomic E-state index is 0.0785. The third kappa shape index (κ3) is 2.72. The number of hydrogen-bond donors (Lipinski definition) is 0. The minimum Gasteiger partial charge on any atom is -0.234 e. The van der Waals surface area contributed by atoms with Crippen LogP contribution < -0.4 is 0 Å². The average Bonchev–Trinajstić information content (AvgIpc) is 2.16. The number of halogens is 1. The third-order valence-corrected chi connectivity index (χ3v) is 2.42. The number of hydrazone groups is 1. The van der Waals surface area contributed by atoms with E-state index in [2.05, 4.69) is 15.1 Å². The van der Waals surface area contributed by atoms with E-state index in [9.17, 15) is 0 Å². The van der Waals surface area contributed by atoms with Crippen molar-refractivity contribution in [2.45, 2.75) is 26.4 Å². The lowest BCUT2D eigenvalue weighted by molar-refractivity contribution is 0.359. The van der Waals surface area contributed by atoms with Crippen molar-refractivity contribution >= 4 is 40.0 Å². The van der Waals surface area contributed by atoms with Crippen molar-refractivity contribution in [3.8, 4) is 0 Å². The van der Waals surface area contributed by atoms with E-state index in [4.69, 9.17) is 11.6 Å². The molecule has 4 nitrogen and oxygen atoms in total. The van der Waals surface area contributed by atoms with Gasteiger partial charge in [-0.3, -0.25) is 0 Å². The maximum atomic E-state index is 5.95. The number of nitrogens with zero attached hydrogens (tertiary/aromatic N) is 4. The van der Waals surface area contributed by atoms with E-state index >= 15 is 0 Å². The molecule has 0 bridgehead atoms. The predicted molar refractivity (Wildman–Crippen MR) is 64.3 cm³/mol. The maximum Gasteiger partial charge on any atom is 0.223 e. The lowest BCUT2D eigenvalue weighted by Gasteiger charge is -2.24. The number of thioether (sulfide) groups is 1. The SMILES string of the molecule is CCC=NN1C(Cl)=NC(SC)=NC1C. The second kappa shape index (κ2) is 5.36. The Hall–Kier alpha value is -0.550. The largest absolute Gasteiger partial charge is 0.234 e. The first kappa shape index (κ1) is 11.5. The van der Waals surface area contributed by atoms with Crippen LogP contribution in [0.25, 0.3) is 0 Å². The van der Waals surface area contributed by atoms with Crippen LogP contribution in [0.2, 0.25) is 0 Å². The molecule has 0 radical (unpaired) electrons. The Morgan fingerprint density at radius 1 is 1.71 bits per heavy atom. The van der Waals surface area contributed by atoms with Crippen molar-refractivity contribution in [2.24, 2.45) is 15.1 Å². The molecule has 0 spiro atoms. The van der Waals surface area contributed by atoms with Crippen LogP contribution in [-0.2, 0) is 0 Å². The molecule has 0 aromatic rings. The summed E-state index contributed by atoms with van der Waals surface area (Å²) in [6.45, 7) is 3.94. The fourth-order valence-corrected chi connectivity index (χ4v) is 1.69. The van der Waals surface area contributed by atoms with Gasteiger partial charge in [0.15, 0.2) is 5.17 Å². The van der Waals surface area contributed by atoms with Crippen molar-refractivity contribution < 1.29 is 0 Å². The molecule has 0 fully saturated rings. The summed E-state index contributed by atoms with van der Waals surface area (Å²) in [5, 5.41) is 6.84. The highest BCUT2D eigenvalue weighted by Crippen LogP contribution is 2.16. The van der Waals surface area contributed by atoms with Gasteiger partial charge in [0, 0.05) is 6.21 Å². The summed E-state index contributed by atoms with van der Waals surface area (Å²) in [7, 11) is 0. The van der Waals surface area contributed by atoms with Gasteiger partial charge in [-0.15, -0.1) is 0 Å². The number of hydrogen-bond acceptors (Lipinski definition) is 5. The molecule has 6 heteroatoms. The molecule has 0 aromatic carbocycles. The highest BCUT2D eigenvalue weighted by atomic mass is 35.5. The zero-order valence-corrected chi connectivity index (χ0v) is 10.0. The van der Waals surface area contributed by atoms with E-state index < -0.39 is 0 Å². The molecule has 0 saturated carbocycles. The average molecular weight is 233 g/mol. The highest BCUT2D eigenvalue weighted by molar-refractivity contribution is 8.13. The number of aliphatic imine (C=N–C) groups is 2. The number of amidine groups is 2. The molecule has 1 rings (SSSR count). The van der Waals surface area contributed by atoms with Crippen LogP contribution in [0.3, 0.4) is 0 Å². The van der Waals surface area contributed by atoms with E-state index in [1.54, 1.807) is 11.2 Å². The molecule has 0 saturated heterocycles. The normalized spacial score (nSPS) is 22.6. The minimum atomic E-state index is -0.0785. The first-order valence-corrected chi connectivity index (χ1v) is 5.97. The molecule has 14 heavy (non-hydrogen) atoms. The van der Waals surface area contributed by atoms with Crippen LogP contribution in [0.1, 0.15) is 20.3 Å². The Labute approximate surface area is 93.1 Å². The molecular formula is C8H13ClN4S. The first-order chi connectivity index (χ1) is 6.69. The summed E-state index contributed by atoms with van der Waals surface area (Å²) >= 11 is 7.43. The zero-order valence-electron chi connectivity index (χ0n) is 8.44. The lowest BCUT2D eigenvalue weighted by Crippen LogP contribution is -2.34. The van der Waals surface area contributed by atoms with E-state index in [0.717, 1.165) is 6.42 Å². The topological polar surface area (TPSA) is 40.3 Å². The van der Waals surface area contributed by atoms with Gasteiger partial charge in [0.25, 0.3) is 0 Å². The summed E-state index contributed by atoms with van der Waals surface area (Å²) in [5.74, 6) is 0. The maximum absolute atomic E-state index is 5.95. The molecule has 1 aliphatic heterocycles. The van der Waals surface area contributed by atoms with Gasteiger partial charge >= 0.3 is 0 Å². The van der Waals surface area contributed by atoms with Gasteiger partial charge < -0.3 is 0 Å². The van der Waals surface area contributed by atoms with Gasteiger partial charge in [0.2, 0.25) is 5.29 Å². The van der Waals surface area contributed by atoms with Crippen molar-refractivity contribution in [1.29, 1.82) is 0 Å². The Morgan fingerprint density at radius 3 is 2.93 bits per heavy atom. The molecule has 1 aliphatic rings.